The first-order valence-corrected chi connectivity index (χ1v) is 5.63. The van der Waals surface area contributed by atoms with Crippen LogP contribution in [0.25, 0.3) is 0 Å². The smallest absolute Gasteiger partial charge is 0.313 e. The van der Waals surface area contributed by atoms with Crippen molar-refractivity contribution in [3.05, 3.63) is 34.9 Å². The highest BCUT2D eigenvalue weighted by molar-refractivity contribution is 5.33. The molecule has 0 heterocycles. The minimum absolute atomic E-state index is 0.0269. The van der Waals surface area contributed by atoms with Gasteiger partial charge in [-0.15, -0.1) is 0 Å². The first-order chi connectivity index (χ1) is 8.64. The number of nitrogens with one attached hydrogen (secondary N) is 1. The predicted molar refractivity (Wildman–Crippen MR) is 58.4 cm³/mol. The molecule has 0 aliphatic rings. The molecule has 0 aromatic heterocycles. The van der Waals surface area contributed by atoms with Gasteiger partial charge in [-0.1, -0.05) is 6.92 Å². The molecule has 0 saturated carbocycles. The third kappa shape index (κ3) is 4.74. The number of halogens is 6. The summed E-state index contributed by atoms with van der Waals surface area (Å²) in [7, 11) is 0. The maximum Gasteiger partial charge on any atom is 0.416 e. The van der Waals surface area contributed by atoms with Crippen LogP contribution in [0, 0.1) is 0 Å². The number of alkyl halides is 6. The van der Waals surface area contributed by atoms with Gasteiger partial charge in [0.1, 0.15) is 0 Å². The van der Waals surface area contributed by atoms with Crippen LogP contribution in [0.15, 0.2) is 18.2 Å². The van der Waals surface area contributed by atoms with E-state index in [1.54, 1.807) is 0 Å². The van der Waals surface area contributed by atoms with Crippen LogP contribution >= 0.6 is 0 Å². The molecule has 19 heavy (non-hydrogen) atoms. The van der Waals surface area contributed by atoms with E-state index in [2.05, 4.69) is 5.32 Å². The highest BCUT2D eigenvalue weighted by Crippen LogP contribution is 2.36. The Bertz CT molecular complexity index is 389. The van der Waals surface area contributed by atoms with Crippen molar-refractivity contribution >= 4 is 0 Å². The zero-order valence-electron chi connectivity index (χ0n) is 10.1. The first-order valence-electron chi connectivity index (χ1n) is 5.63. The number of rotatable bonds is 4. The molecule has 1 aromatic rings. The molecule has 1 rings (SSSR count). The fourth-order valence-corrected chi connectivity index (χ4v) is 1.53. The van der Waals surface area contributed by atoms with E-state index >= 15 is 0 Å². The van der Waals surface area contributed by atoms with Crippen molar-refractivity contribution in [2.75, 3.05) is 6.54 Å². The minimum atomic E-state index is -4.79. The molecule has 0 unspecified atom stereocenters. The van der Waals surface area contributed by atoms with Crippen LogP contribution < -0.4 is 5.32 Å². The molecule has 108 valence electrons. The summed E-state index contributed by atoms with van der Waals surface area (Å²) in [5, 5.41) is 2.77. The van der Waals surface area contributed by atoms with Crippen molar-refractivity contribution in [3.63, 3.8) is 0 Å². The van der Waals surface area contributed by atoms with Crippen LogP contribution in [0.5, 0.6) is 0 Å². The van der Waals surface area contributed by atoms with Crippen molar-refractivity contribution in [1.29, 1.82) is 0 Å². The third-order valence-electron chi connectivity index (χ3n) is 2.40. The van der Waals surface area contributed by atoms with Crippen LogP contribution in [0.3, 0.4) is 0 Å². The number of hydrogen-bond donors (Lipinski definition) is 1. The molecule has 0 bridgehead atoms. The fourth-order valence-electron chi connectivity index (χ4n) is 1.53. The average Bonchev–Trinajstić information content (AvgIpc) is 2.27. The van der Waals surface area contributed by atoms with Gasteiger partial charge in [-0.05, 0) is 36.7 Å². The summed E-state index contributed by atoms with van der Waals surface area (Å²) < 4.78 is 75.2. The molecule has 1 aromatic carbocycles. The van der Waals surface area contributed by atoms with Crippen molar-refractivity contribution in [2.45, 2.75) is 32.2 Å². The standard InChI is InChI=1S/C12H13F6N/c1-2-3-19-7-8-4-9(11(13,14)15)6-10(5-8)12(16,17)18/h4-6,19H,2-3,7H2,1H3. The second kappa shape index (κ2) is 5.81. The van der Waals surface area contributed by atoms with Gasteiger partial charge in [-0.2, -0.15) is 26.3 Å². The third-order valence-corrected chi connectivity index (χ3v) is 2.40. The van der Waals surface area contributed by atoms with Gasteiger partial charge in [-0.25, -0.2) is 0 Å². The summed E-state index contributed by atoms with van der Waals surface area (Å²) in [4.78, 5) is 0. The fraction of sp³-hybridized carbons (Fsp3) is 0.500. The lowest BCUT2D eigenvalue weighted by Crippen LogP contribution is -2.17. The van der Waals surface area contributed by atoms with Crippen LogP contribution in [-0.2, 0) is 18.9 Å². The normalized spacial score (nSPS) is 12.8. The molecule has 7 heteroatoms. The van der Waals surface area contributed by atoms with Crippen LogP contribution in [-0.4, -0.2) is 6.54 Å². The zero-order chi connectivity index (χ0) is 14.7. The minimum Gasteiger partial charge on any atom is -0.313 e. The maximum atomic E-state index is 12.5. The summed E-state index contributed by atoms with van der Waals surface area (Å²) in [5.74, 6) is 0. The number of hydrogen-bond acceptors (Lipinski definition) is 1. The Hall–Kier alpha value is -1.24. The largest absolute Gasteiger partial charge is 0.416 e. The first kappa shape index (κ1) is 15.8. The Morgan fingerprint density at radius 1 is 0.895 bits per heavy atom. The van der Waals surface area contributed by atoms with E-state index in [4.69, 9.17) is 0 Å². The van der Waals surface area contributed by atoms with Crippen molar-refractivity contribution in [2.24, 2.45) is 0 Å². The molecule has 1 N–H and O–H groups in total. The molecule has 1 nitrogen and oxygen atoms in total. The van der Waals surface area contributed by atoms with Crippen molar-refractivity contribution in [3.8, 4) is 0 Å². The molecule has 0 radical (unpaired) electrons. The van der Waals surface area contributed by atoms with Crippen LogP contribution in [0.4, 0.5) is 26.3 Å². The van der Waals surface area contributed by atoms with Gasteiger partial charge in [0.25, 0.3) is 0 Å². The Labute approximate surface area is 106 Å². The highest BCUT2D eigenvalue weighted by atomic mass is 19.4. The zero-order valence-corrected chi connectivity index (χ0v) is 10.1. The van der Waals surface area contributed by atoms with Gasteiger partial charge >= 0.3 is 12.4 Å². The second-order valence-corrected chi connectivity index (χ2v) is 4.09. The molecule has 0 atom stereocenters. The molecule has 0 saturated heterocycles. The Balaban J connectivity index is 3.10. The van der Waals surface area contributed by atoms with Crippen LogP contribution in [0.1, 0.15) is 30.0 Å². The molecular weight excluding hydrogens is 272 g/mol. The van der Waals surface area contributed by atoms with E-state index in [-0.39, 0.29) is 18.2 Å². The molecule has 0 aliphatic heterocycles. The SMILES string of the molecule is CCCNCc1cc(C(F)(F)F)cc(C(F)(F)F)c1. The molecular formula is C12H13F6N. The van der Waals surface area contributed by atoms with E-state index in [0.29, 0.717) is 6.54 Å². The number of benzene rings is 1. The van der Waals surface area contributed by atoms with Gasteiger partial charge in [0.2, 0.25) is 0 Å². The lowest BCUT2D eigenvalue weighted by Gasteiger charge is -2.14. The topological polar surface area (TPSA) is 12.0 Å². The molecule has 0 fully saturated rings. The summed E-state index contributed by atoms with van der Waals surface area (Å²) >= 11 is 0. The van der Waals surface area contributed by atoms with Gasteiger partial charge < -0.3 is 5.32 Å². The van der Waals surface area contributed by atoms with E-state index in [9.17, 15) is 26.3 Å². The monoisotopic (exact) mass is 285 g/mol. The summed E-state index contributed by atoms with van der Waals surface area (Å²) in [6.07, 6.45) is -8.84. The van der Waals surface area contributed by atoms with E-state index in [1.165, 1.54) is 0 Å². The summed E-state index contributed by atoms with van der Waals surface area (Å²) in [6, 6.07) is 1.60. The molecule has 0 amide bonds. The maximum absolute atomic E-state index is 12.5. The van der Waals surface area contributed by atoms with E-state index in [1.807, 2.05) is 6.92 Å². The van der Waals surface area contributed by atoms with Gasteiger partial charge in [0, 0.05) is 6.54 Å². The Morgan fingerprint density at radius 2 is 1.37 bits per heavy atom. The predicted octanol–water partition coefficient (Wildman–Crippen LogP) is 4.22. The summed E-state index contributed by atoms with van der Waals surface area (Å²) in [6.45, 7) is 2.35. The Morgan fingerprint density at radius 3 is 1.74 bits per heavy atom. The van der Waals surface area contributed by atoms with Crippen molar-refractivity contribution in [1.82, 2.24) is 5.32 Å². The highest BCUT2D eigenvalue weighted by Gasteiger charge is 2.36. The lowest BCUT2D eigenvalue weighted by molar-refractivity contribution is -0.143. The quantitative estimate of drug-likeness (QED) is 0.645. The second-order valence-electron chi connectivity index (χ2n) is 4.09. The molecule has 0 aliphatic carbocycles. The van der Waals surface area contributed by atoms with Crippen molar-refractivity contribution < 1.29 is 26.3 Å². The Kier molecular flexibility index (Phi) is 4.84. The average molecular weight is 285 g/mol. The van der Waals surface area contributed by atoms with E-state index in [0.717, 1.165) is 18.6 Å². The van der Waals surface area contributed by atoms with Gasteiger partial charge in [0.05, 0.1) is 11.1 Å². The molecule has 0 spiro atoms. The van der Waals surface area contributed by atoms with Gasteiger partial charge in [-0.3, -0.25) is 0 Å². The van der Waals surface area contributed by atoms with Crippen LogP contribution in [0.2, 0.25) is 0 Å². The van der Waals surface area contributed by atoms with E-state index < -0.39 is 23.5 Å². The summed E-state index contributed by atoms with van der Waals surface area (Å²) in [5.41, 5.74) is -2.60. The lowest BCUT2D eigenvalue weighted by atomic mass is 10.0. The van der Waals surface area contributed by atoms with Gasteiger partial charge in [0.15, 0.2) is 0 Å².